The minimum Gasteiger partial charge on any atom is -0.506 e. The van der Waals surface area contributed by atoms with Crippen LogP contribution in [-0.4, -0.2) is 86.6 Å². The molecule has 1 fully saturated rings. The minimum atomic E-state index is -1.90. The van der Waals surface area contributed by atoms with Gasteiger partial charge in [0.25, 0.3) is 11.8 Å². The SMILES string of the molecule is CCCCC(Oc1ccc(C(C)(C)CC)cc1C(C)(C)CC)C(=O)Nc1cc(O)c(NC(=O)Nc2ccc(C#N)cc2)cc1OC(O)c1ccccc1N(C)C(=O)N1C(=O)C(C)(C)CN1c1ccc(NC(=O)CSc2nnc(NC(=O)CCC)s2)cc1. The van der Waals surface area contributed by atoms with Crippen molar-refractivity contribution in [3.63, 3.8) is 0 Å². The van der Waals surface area contributed by atoms with Crippen LogP contribution in [0.1, 0.15) is 143 Å². The van der Waals surface area contributed by atoms with E-state index in [0.29, 0.717) is 63.5 Å². The van der Waals surface area contributed by atoms with E-state index in [1.807, 2.05) is 32.0 Å². The van der Waals surface area contributed by atoms with E-state index in [9.17, 15) is 44.2 Å². The van der Waals surface area contributed by atoms with Crippen molar-refractivity contribution < 1.29 is 48.5 Å². The zero-order valence-electron chi connectivity index (χ0n) is 51.0. The van der Waals surface area contributed by atoms with Crippen molar-refractivity contribution in [1.29, 1.82) is 5.26 Å². The first-order chi connectivity index (χ1) is 41.3. The maximum Gasteiger partial charge on any atom is 0.350 e. The number of phenolic OH excluding ortho intramolecular Hbond substituents is 1. The summed E-state index contributed by atoms with van der Waals surface area (Å²) in [5.74, 6) is -1.71. The molecule has 7 N–H and O–H groups in total. The standard InChI is InChI=1S/C64H77N11O10S2/c1-12-16-22-51(84-50-32-25-40(62(5,6)14-3)33-45(50)63(7,8)15-4)55(79)68-47-34-49(76)46(69-58(82)67-42-26-23-39(36-65)24-27-42)35-52(47)85-56(80)44-20-17-18-21-48(44)73(11)61(83)75-57(81)64(9,10)38-74(75)43-30-28-41(29-31-43)66-54(78)37-86-60-72-71-59(87-60)70-53(77)19-13-2/h17-18,20-21,23-35,51,56,76,80H,12-16,19,22,37-38H2,1-11H3,(H,66,78)(H,68,79)(H2,67,69,82)(H,70,71,77). The Morgan fingerprint density at radius 1 is 0.793 bits per heavy atom. The van der Waals surface area contributed by atoms with Crippen LogP contribution in [0.25, 0.3) is 0 Å². The summed E-state index contributed by atoms with van der Waals surface area (Å²) in [6.45, 7) is 20.3. The number of aliphatic hydroxyl groups excluding tert-OH is 1. The molecule has 2 unspecified atom stereocenters. The number of nitrogens with zero attached hydrogens (tertiary/aromatic N) is 6. The van der Waals surface area contributed by atoms with Crippen LogP contribution in [0.15, 0.2) is 107 Å². The third kappa shape index (κ3) is 16.4. The van der Waals surface area contributed by atoms with Crippen molar-refractivity contribution in [2.75, 3.05) is 55.8 Å². The van der Waals surface area contributed by atoms with Crippen LogP contribution < -0.4 is 46.0 Å². The van der Waals surface area contributed by atoms with E-state index in [0.717, 1.165) is 58.5 Å². The Kier molecular flexibility index (Phi) is 21.7. The first-order valence-electron chi connectivity index (χ1n) is 28.9. The highest BCUT2D eigenvalue weighted by Crippen LogP contribution is 2.43. The van der Waals surface area contributed by atoms with Crippen LogP contribution in [0.2, 0.25) is 0 Å². The van der Waals surface area contributed by atoms with Crippen molar-refractivity contribution in [1.82, 2.24) is 15.2 Å². The fraction of sp³-hybridized carbons (Fsp3) is 0.391. The van der Waals surface area contributed by atoms with Gasteiger partial charge in [-0.25, -0.2) is 9.59 Å². The third-order valence-electron chi connectivity index (χ3n) is 15.2. The Labute approximate surface area is 516 Å². The Balaban J connectivity index is 1.14. The zero-order chi connectivity index (χ0) is 63.4. The molecule has 2 atom stereocenters. The van der Waals surface area contributed by atoms with Gasteiger partial charge >= 0.3 is 12.1 Å². The lowest BCUT2D eigenvalue weighted by Gasteiger charge is -2.32. The molecule has 0 spiro atoms. The van der Waals surface area contributed by atoms with Crippen molar-refractivity contribution in [3.05, 3.63) is 125 Å². The number of amides is 8. The molecular formula is C64H77N11O10S2. The van der Waals surface area contributed by atoms with Gasteiger partial charge < -0.3 is 46.3 Å². The van der Waals surface area contributed by atoms with Crippen molar-refractivity contribution in [3.8, 4) is 23.3 Å². The van der Waals surface area contributed by atoms with Crippen LogP contribution in [0, 0.1) is 16.7 Å². The van der Waals surface area contributed by atoms with E-state index >= 15 is 0 Å². The van der Waals surface area contributed by atoms with Gasteiger partial charge in [-0.3, -0.25) is 29.1 Å². The summed E-state index contributed by atoms with van der Waals surface area (Å²) in [7, 11) is 1.44. The first-order valence-corrected chi connectivity index (χ1v) is 30.7. The number of unbranched alkanes of at least 4 members (excludes halogenated alkanes) is 1. The third-order valence-corrected chi connectivity index (χ3v) is 17.2. The minimum absolute atomic E-state index is 0.0113. The molecule has 6 aromatic rings. The number of urea groups is 2. The van der Waals surface area contributed by atoms with Crippen LogP contribution in [0.5, 0.6) is 17.2 Å². The average Bonchev–Trinajstić information content (AvgIpc) is 2.02. The van der Waals surface area contributed by atoms with E-state index in [2.05, 4.69) is 84.4 Å². The lowest BCUT2D eigenvalue weighted by molar-refractivity contribution is -0.132. The molecule has 23 heteroatoms. The largest absolute Gasteiger partial charge is 0.506 e. The number of aromatic nitrogens is 2. The molecule has 0 bridgehead atoms. The molecule has 0 saturated carbocycles. The first kappa shape index (κ1) is 65.8. The lowest BCUT2D eigenvalue weighted by atomic mass is 9.76. The van der Waals surface area contributed by atoms with E-state index in [1.54, 1.807) is 56.3 Å². The normalized spacial score (nSPS) is 13.7. The molecule has 1 aromatic heterocycles. The number of hydrazine groups is 1. The number of carbonyl (C=O) groups is 6. The number of aromatic hydroxyl groups is 1. The number of rotatable bonds is 25. The van der Waals surface area contributed by atoms with Gasteiger partial charge in [0.1, 0.15) is 17.2 Å². The Bertz CT molecular complexity index is 3510. The molecule has 21 nitrogen and oxygen atoms in total. The molecular weight excluding hydrogens is 1150 g/mol. The molecule has 0 radical (unpaired) electrons. The number of thioether (sulfide) groups is 1. The second kappa shape index (κ2) is 28.7. The number of phenols is 1. The van der Waals surface area contributed by atoms with E-state index in [-0.39, 0.29) is 63.3 Å². The van der Waals surface area contributed by atoms with Gasteiger partial charge in [-0.15, -0.1) is 10.2 Å². The summed E-state index contributed by atoms with van der Waals surface area (Å²) in [4.78, 5) is 83.4. The highest BCUT2D eigenvalue weighted by atomic mass is 32.2. The second-order valence-corrected chi connectivity index (χ2v) is 25.2. The van der Waals surface area contributed by atoms with Gasteiger partial charge in [0.05, 0.1) is 52.1 Å². The average molecular weight is 1220 g/mol. The highest BCUT2D eigenvalue weighted by molar-refractivity contribution is 8.01. The summed E-state index contributed by atoms with van der Waals surface area (Å²) in [5, 5.41) is 57.6. The Morgan fingerprint density at radius 2 is 1.47 bits per heavy atom. The van der Waals surface area contributed by atoms with Gasteiger partial charge in [-0.05, 0) is 123 Å². The topological polar surface area (TPSA) is 281 Å². The molecule has 1 aliphatic heterocycles. The number of carbonyl (C=O) groups excluding carboxylic acids is 6. The molecule has 460 valence electrons. The van der Waals surface area contributed by atoms with Gasteiger partial charge in [0.2, 0.25) is 23.2 Å². The van der Waals surface area contributed by atoms with Crippen LogP contribution in [0.4, 0.5) is 48.8 Å². The number of hydrogen-bond acceptors (Lipinski definition) is 16. The number of aliphatic hydroxyl groups is 1. The highest BCUT2D eigenvalue weighted by Gasteiger charge is 2.49. The predicted octanol–water partition coefficient (Wildman–Crippen LogP) is 13.1. The van der Waals surface area contributed by atoms with Crippen molar-refractivity contribution in [2.45, 2.75) is 142 Å². The summed E-state index contributed by atoms with van der Waals surface area (Å²) < 4.78 is 13.5. The van der Waals surface area contributed by atoms with E-state index in [4.69, 9.17) is 9.47 Å². The quantitative estimate of drug-likeness (QED) is 0.0121. The monoisotopic (exact) mass is 1220 g/mol. The Morgan fingerprint density at radius 3 is 2.14 bits per heavy atom. The molecule has 1 aliphatic rings. The number of nitriles is 1. The fourth-order valence-electron chi connectivity index (χ4n) is 9.26. The van der Waals surface area contributed by atoms with Crippen molar-refractivity contribution in [2.24, 2.45) is 5.41 Å². The molecule has 87 heavy (non-hydrogen) atoms. The Hall–Kier alpha value is -8.72. The van der Waals surface area contributed by atoms with Gasteiger partial charge in [-0.1, -0.05) is 115 Å². The van der Waals surface area contributed by atoms with E-state index in [1.165, 1.54) is 59.4 Å². The fourth-order valence-corrected chi connectivity index (χ4v) is 10.8. The summed E-state index contributed by atoms with van der Waals surface area (Å²) in [6, 6.07) is 28.0. The molecule has 1 saturated heterocycles. The molecule has 7 rings (SSSR count). The number of hydrogen-bond donors (Lipinski definition) is 7. The number of nitrogens with one attached hydrogen (secondary N) is 5. The maximum atomic E-state index is 14.8. The maximum absolute atomic E-state index is 14.8. The smallest absolute Gasteiger partial charge is 0.350 e. The summed E-state index contributed by atoms with van der Waals surface area (Å²) in [6.07, 6.45) is 1.50. The molecule has 8 amide bonds. The molecule has 0 aliphatic carbocycles. The van der Waals surface area contributed by atoms with E-state index < -0.39 is 47.4 Å². The number of para-hydroxylation sites is 1. The zero-order valence-corrected chi connectivity index (χ0v) is 52.6. The van der Waals surface area contributed by atoms with Crippen molar-refractivity contribution >= 4 is 98.0 Å². The lowest BCUT2D eigenvalue weighted by Crippen LogP contribution is -2.50. The number of imide groups is 1. The molecule has 5 aromatic carbocycles. The van der Waals surface area contributed by atoms with Crippen LogP contribution in [0.3, 0.4) is 0 Å². The second-order valence-electron chi connectivity index (χ2n) is 23.0. The van der Waals surface area contributed by atoms with Crippen LogP contribution in [-0.2, 0) is 30.0 Å². The number of ether oxygens (including phenoxy) is 2. The number of benzene rings is 5. The molecule has 2 heterocycles. The van der Waals surface area contributed by atoms with Crippen LogP contribution >= 0.6 is 23.1 Å². The summed E-state index contributed by atoms with van der Waals surface area (Å²) >= 11 is 2.33. The van der Waals surface area contributed by atoms with Gasteiger partial charge in [0.15, 0.2) is 10.4 Å². The van der Waals surface area contributed by atoms with Gasteiger partial charge in [0, 0.05) is 48.1 Å². The predicted molar refractivity (Wildman–Crippen MR) is 341 cm³/mol. The van der Waals surface area contributed by atoms with Gasteiger partial charge in [-0.2, -0.15) is 10.3 Å². The summed E-state index contributed by atoms with van der Waals surface area (Å²) in [5.41, 5.74) is 2.15. The number of anilines is 7.